The molecule has 2 aliphatic carbocycles. The van der Waals surface area contributed by atoms with Crippen LogP contribution in [0.25, 0.3) is 0 Å². The fourth-order valence-corrected chi connectivity index (χ4v) is 5.65. The van der Waals surface area contributed by atoms with Crippen molar-refractivity contribution in [1.29, 1.82) is 0 Å². The molecular weight excluding hydrogens is 432 g/mol. The van der Waals surface area contributed by atoms with Gasteiger partial charge in [0.05, 0.1) is 22.8 Å². The van der Waals surface area contributed by atoms with Crippen molar-refractivity contribution in [2.75, 3.05) is 27.8 Å². The Labute approximate surface area is 189 Å². The molecule has 1 saturated heterocycles. The summed E-state index contributed by atoms with van der Waals surface area (Å²) in [5.74, 6) is -1.01. The van der Waals surface area contributed by atoms with Crippen LogP contribution in [-0.4, -0.2) is 45.8 Å². The third-order valence-electron chi connectivity index (χ3n) is 6.94. The van der Waals surface area contributed by atoms with Crippen LogP contribution in [0.2, 0.25) is 0 Å². The fourth-order valence-electron chi connectivity index (χ4n) is 5.65. The van der Waals surface area contributed by atoms with Gasteiger partial charge in [0.1, 0.15) is 24.0 Å². The monoisotopic (exact) mass is 454 g/mol. The van der Waals surface area contributed by atoms with Crippen molar-refractivity contribution in [1.82, 2.24) is 0 Å². The van der Waals surface area contributed by atoms with Crippen molar-refractivity contribution < 1.29 is 42.7 Å². The highest BCUT2D eigenvalue weighted by molar-refractivity contribution is 6.07. The Morgan fingerprint density at radius 2 is 1.88 bits per heavy atom. The largest absolute Gasteiger partial charge is 0.467 e. The predicted octanol–water partition coefficient (Wildman–Crippen LogP) is 2.90. The fraction of sp³-hybridized carbons (Fsp3) is 0.458. The van der Waals surface area contributed by atoms with Crippen LogP contribution < -0.4 is 14.2 Å². The molecule has 0 saturated carbocycles. The maximum Gasteiger partial charge on any atom is 0.274 e. The van der Waals surface area contributed by atoms with Gasteiger partial charge in [0.2, 0.25) is 5.79 Å². The quantitative estimate of drug-likeness (QED) is 0.482. The van der Waals surface area contributed by atoms with E-state index in [1.54, 1.807) is 19.2 Å². The molecule has 7 rings (SSSR count). The molecule has 0 unspecified atom stereocenters. The van der Waals surface area contributed by atoms with E-state index in [1.807, 2.05) is 18.2 Å². The van der Waals surface area contributed by atoms with Gasteiger partial charge in [-0.2, -0.15) is 0 Å². The van der Waals surface area contributed by atoms with Crippen LogP contribution in [0.15, 0.2) is 30.3 Å². The summed E-state index contributed by atoms with van der Waals surface area (Å²) in [4.78, 5) is 13.2. The summed E-state index contributed by atoms with van der Waals surface area (Å²) in [7, 11) is 3.12. The summed E-state index contributed by atoms with van der Waals surface area (Å²) in [6.07, 6.45) is -0.178. The molecular formula is C24H22O9. The summed E-state index contributed by atoms with van der Waals surface area (Å²) >= 11 is 0. The molecule has 0 aromatic heterocycles. The smallest absolute Gasteiger partial charge is 0.274 e. The van der Waals surface area contributed by atoms with Crippen molar-refractivity contribution in [3.8, 4) is 17.2 Å². The van der Waals surface area contributed by atoms with Gasteiger partial charge in [-0.25, -0.2) is 0 Å². The number of Topliss-reactive ketones (excluding diaryl/α,β-unsaturated/α-hetero) is 1. The zero-order valence-corrected chi connectivity index (χ0v) is 18.1. The van der Waals surface area contributed by atoms with Crippen LogP contribution in [0.3, 0.4) is 0 Å². The first-order valence-corrected chi connectivity index (χ1v) is 10.9. The molecule has 5 aliphatic rings. The number of epoxide rings is 1. The average molecular weight is 454 g/mol. The van der Waals surface area contributed by atoms with E-state index >= 15 is 0 Å². The first kappa shape index (κ1) is 19.7. The lowest BCUT2D eigenvalue weighted by atomic mass is 9.77. The number of hydrogen-bond acceptors (Lipinski definition) is 9. The summed E-state index contributed by atoms with van der Waals surface area (Å²) in [5.41, 5.74) is 2.62. The van der Waals surface area contributed by atoms with E-state index in [-0.39, 0.29) is 25.5 Å². The molecule has 2 aromatic carbocycles. The molecule has 3 aliphatic heterocycles. The van der Waals surface area contributed by atoms with Crippen molar-refractivity contribution >= 4 is 5.78 Å². The topological polar surface area (TPSA) is 94.2 Å². The van der Waals surface area contributed by atoms with Crippen LogP contribution in [0.1, 0.15) is 46.0 Å². The minimum Gasteiger partial charge on any atom is -0.467 e. The Kier molecular flexibility index (Phi) is 4.00. The Morgan fingerprint density at radius 1 is 1.03 bits per heavy atom. The molecule has 9 nitrogen and oxygen atoms in total. The molecule has 0 N–H and O–H groups in total. The highest BCUT2D eigenvalue weighted by atomic mass is 16.8. The van der Waals surface area contributed by atoms with E-state index in [0.29, 0.717) is 41.2 Å². The number of benzene rings is 2. The van der Waals surface area contributed by atoms with Crippen LogP contribution in [0.5, 0.6) is 17.2 Å². The number of ketones is 1. The Bertz CT molecular complexity index is 1180. The maximum absolute atomic E-state index is 13.2. The molecule has 5 atom stereocenters. The van der Waals surface area contributed by atoms with Gasteiger partial charge in [0.25, 0.3) is 5.79 Å². The van der Waals surface area contributed by atoms with E-state index < -0.39 is 23.8 Å². The molecule has 172 valence electrons. The van der Waals surface area contributed by atoms with Crippen molar-refractivity contribution in [3.63, 3.8) is 0 Å². The molecule has 33 heavy (non-hydrogen) atoms. The van der Waals surface area contributed by atoms with Gasteiger partial charge in [-0.3, -0.25) is 9.53 Å². The summed E-state index contributed by atoms with van der Waals surface area (Å²) < 4.78 is 47.6. The second-order valence-corrected chi connectivity index (χ2v) is 8.75. The standard InChI is InChI=1S/C24H22O9/c1-26-10-28-13-8-9-23-18-12(13)4-3-5-15(18)32-24(33-23)19-16(31-23)7-6-14(29-11-27-2)17(19)20(25)21-22(24)30-21/h3-7,13,21-22H,8-11H2,1-2H3/t13-,21+,22+,23+,24-/m0/s1. The lowest BCUT2D eigenvalue weighted by Crippen LogP contribution is -2.61. The molecule has 3 heterocycles. The number of fused-ring (bicyclic) bond motifs is 1. The Morgan fingerprint density at radius 3 is 2.73 bits per heavy atom. The third kappa shape index (κ3) is 2.46. The number of ether oxygens (including phenoxy) is 8. The zero-order chi connectivity index (χ0) is 22.4. The highest BCUT2D eigenvalue weighted by Gasteiger charge is 2.74. The van der Waals surface area contributed by atoms with E-state index in [2.05, 4.69) is 0 Å². The summed E-state index contributed by atoms with van der Waals surface area (Å²) in [6.45, 7) is 0.187. The maximum atomic E-state index is 13.2. The number of carbonyl (C=O) groups is 1. The molecule has 0 radical (unpaired) electrons. The Hall–Kier alpha value is -2.69. The number of carbonyl (C=O) groups excluding carboxylic acids is 1. The average Bonchev–Trinajstić information content (AvgIpc) is 3.63. The Balaban J connectivity index is 1.42. The van der Waals surface area contributed by atoms with Gasteiger partial charge in [0, 0.05) is 20.6 Å². The summed E-state index contributed by atoms with van der Waals surface area (Å²) in [5, 5.41) is 0. The van der Waals surface area contributed by atoms with Gasteiger partial charge in [0.15, 0.2) is 24.8 Å². The van der Waals surface area contributed by atoms with Crippen LogP contribution in [0.4, 0.5) is 0 Å². The molecule has 2 spiro atoms. The van der Waals surface area contributed by atoms with Gasteiger partial charge >= 0.3 is 0 Å². The van der Waals surface area contributed by atoms with Gasteiger partial charge in [-0.15, -0.1) is 0 Å². The van der Waals surface area contributed by atoms with E-state index in [9.17, 15) is 4.79 Å². The molecule has 0 amide bonds. The highest BCUT2D eigenvalue weighted by Crippen LogP contribution is 2.65. The van der Waals surface area contributed by atoms with Gasteiger partial charge in [-0.05, 0) is 30.2 Å². The summed E-state index contributed by atoms with van der Waals surface area (Å²) in [6, 6.07) is 9.33. The lowest BCUT2D eigenvalue weighted by molar-refractivity contribution is -0.370. The minimum absolute atomic E-state index is 0.00256. The van der Waals surface area contributed by atoms with E-state index in [1.165, 1.54) is 7.11 Å². The van der Waals surface area contributed by atoms with Gasteiger partial charge in [-0.1, -0.05) is 12.1 Å². The second-order valence-electron chi connectivity index (χ2n) is 8.75. The van der Waals surface area contributed by atoms with Crippen LogP contribution >= 0.6 is 0 Å². The third-order valence-corrected chi connectivity index (χ3v) is 6.94. The minimum atomic E-state index is -1.31. The number of methoxy groups -OCH3 is 2. The molecule has 1 fully saturated rings. The van der Waals surface area contributed by atoms with Gasteiger partial charge < -0.3 is 33.2 Å². The van der Waals surface area contributed by atoms with E-state index in [0.717, 1.165) is 11.1 Å². The lowest BCUT2D eigenvalue weighted by Gasteiger charge is -2.55. The number of hydrogen-bond donors (Lipinski definition) is 0. The first-order valence-electron chi connectivity index (χ1n) is 10.9. The first-order chi connectivity index (χ1) is 16.1. The van der Waals surface area contributed by atoms with E-state index in [4.69, 9.17) is 37.9 Å². The van der Waals surface area contributed by atoms with Crippen molar-refractivity contribution in [2.45, 2.75) is 42.7 Å². The van der Waals surface area contributed by atoms with Crippen LogP contribution in [0, 0.1) is 0 Å². The molecule has 9 heteroatoms. The van der Waals surface area contributed by atoms with Crippen molar-refractivity contribution in [2.24, 2.45) is 0 Å². The predicted molar refractivity (Wildman–Crippen MR) is 109 cm³/mol. The van der Waals surface area contributed by atoms with Crippen molar-refractivity contribution in [3.05, 3.63) is 52.6 Å². The zero-order valence-electron chi connectivity index (χ0n) is 18.1. The SMILES string of the molecule is COCOc1ccc2c3c1C(=O)[C@H]1O[C@H]1[C@]31Oc3cccc4c3[C@](CC[C@@H]4OCOC)(O2)O1. The normalized spacial score (nSPS) is 33.8. The molecule has 2 bridgehead atoms. The van der Waals surface area contributed by atoms with Crippen LogP contribution in [-0.2, 0) is 35.3 Å². The second kappa shape index (κ2) is 6.68. The molecule has 2 aromatic rings. The number of rotatable bonds is 6.